The molecule has 86 valence electrons. The molecule has 0 bridgehead atoms. The van der Waals surface area contributed by atoms with Gasteiger partial charge in [-0.1, -0.05) is 6.42 Å². The van der Waals surface area contributed by atoms with Gasteiger partial charge in [0, 0.05) is 13.0 Å². The first-order chi connectivity index (χ1) is 7.00. The molecule has 1 amide bonds. The van der Waals surface area contributed by atoms with Crippen LogP contribution in [0.5, 0.6) is 0 Å². The second-order valence-electron chi connectivity index (χ2n) is 4.20. The highest BCUT2D eigenvalue weighted by Gasteiger charge is 2.32. The lowest BCUT2D eigenvalue weighted by Crippen LogP contribution is -2.48. The van der Waals surface area contributed by atoms with E-state index in [4.69, 9.17) is 10.8 Å². The molecule has 0 aromatic carbocycles. The van der Waals surface area contributed by atoms with Gasteiger partial charge in [-0.15, -0.1) is 0 Å². The summed E-state index contributed by atoms with van der Waals surface area (Å²) < 4.78 is 0. The van der Waals surface area contributed by atoms with Gasteiger partial charge in [0.2, 0.25) is 5.91 Å². The predicted octanol–water partition coefficient (Wildman–Crippen LogP) is 0.0932. The van der Waals surface area contributed by atoms with Gasteiger partial charge in [-0.2, -0.15) is 0 Å². The molecule has 0 aliphatic heterocycles. The molecule has 5 heteroatoms. The molecule has 1 rings (SSSR count). The molecule has 0 aromatic heterocycles. The summed E-state index contributed by atoms with van der Waals surface area (Å²) in [5.74, 6) is -1.30. The largest absolute Gasteiger partial charge is 0.480 e. The van der Waals surface area contributed by atoms with Gasteiger partial charge in [0.15, 0.2) is 0 Å². The van der Waals surface area contributed by atoms with Crippen molar-refractivity contribution < 1.29 is 14.7 Å². The highest BCUT2D eigenvalue weighted by molar-refractivity contribution is 5.82. The maximum absolute atomic E-state index is 11.0. The molecule has 15 heavy (non-hydrogen) atoms. The molecule has 0 spiro atoms. The fraction of sp³-hybridized carbons (Fsp3) is 0.800. The van der Waals surface area contributed by atoms with Gasteiger partial charge in [0.05, 0.1) is 0 Å². The number of rotatable bonds is 3. The van der Waals surface area contributed by atoms with Crippen molar-refractivity contribution in [3.05, 3.63) is 0 Å². The van der Waals surface area contributed by atoms with E-state index in [1.54, 1.807) is 0 Å². The van der Waals surface area contributed by atoms with Crippen LogP contribution in [0.2, 0.25) is 0 Å². The lowest BCUT2D eigenvalue weighted by atomic mass is 9.81. The number of carboxylic acid groups (broad SMARTS) is 1. The van der Waals surface area contributed by atoms with Crippen LogP contribution in [-0.4, -0.2) is 29.1 Å². The lowest BCUT2D eigenvalue weighted by Gasteiger charge is -2.31. The molecule has 1 fully saturated rings. The first-order valence-corrected chi connectivity index (χ1v) is 5.26. The van der Waals surface area contributed by atoms with Crippen LogP contribution in [0.4, 0.5) is 0 Å². The standard InChI is InChI=1S/C10H18N2O3/c1-6(13)12-9(10(14)15)7-3-2-4-8(11)5-7/h7-9H,2-5,11H2,1H3,(H,12,13)(H,14,15). The normalized spacial score (nSPS) is 28.1. The minimum atomic E-state index is -0.968. The second kappa shape index (κ2) is 5.11. The van der Waals surface area contributed by atoms with E-state index in [0.29, 0.717) is 6.42 Å². The molecule has 4 N–H and O–H groups in total. The molecule has 1 saturated carbocycles. The Morgan fingerprint density at radius 1 is 1.47 bits per heavy atom. The number of hydrogen-bond donors (Lipinski definition) is 3. The number of hydrogen-bond acceptors (Lipinski definition) is 3. The third kappa shape index (κ3) is 3.51. The van der Waals surface area contributed by atoms with Crippen molar-refractivity contribution in [2.45, 2.75) is 44.7 Å². The molecule has 1 aliphatic rings. The fourth-order valence-corrected chi connectivity index (χ4v) is 2.17. The Labute approximate surface area is 89.0 Å². The second-order valence-corrected chi connectivity index (χ2v) is 4.20. The lowest BCUT2D eigenvalue weighted by molar-refractivity contribution is -0.143. The summed E-state index contributed by atoms with van der Waals surface area (Å²) in [5.41, 5.74) is 5.79. The van der Waals surface area contributed by atoms with Gasteiger partial charge in [-0.25, -0.2) is 4.79 Å². The van der Waals surface area contributed by atoms with Crippen LogP contribution < -0.4 is 11.1 Å². The summed E-state index contributed by atoms with van der Waals surface area (Å²) in [6.45, 7) is 1.33. The molecule has 0 saturated heterocycles. The third-order valence-corrected chi connectivity index (χ3v) is 2.85. The molecule has 0 radical (unpaired) electrons. The maximum Gasteiger partial charge on any atom is 0.326 e. The van der Waals surface area contributed by atoms with Crippen molar-refractivity contribution in [1.82, 2.24) is 5.32 Å². The van der Waals surface area contributed by atoms with Gasteiger partial charge in [-0.3, -0.25) is 4.79 Å². The number of amides is 1. The third-order valence-electron chi connectivity index (χ3n) is 2.85. The first kappa shape index (κ1) is 12.0. The van der Waals surface area contributed by atoms with Crippen molar-refractivity contribution >= 4 is 11.9 Å². The molecule has 0 heterocycles. The monoisotopic (exact) mass is 214 g/mol. The summed E-state index contributed by atoms with van der Waals surface area (Å²) in [7, 11) is 0. The fourth-order valence-electron chi connectivity index (χ4n) is 2.17. The zero-order valence-electron chi connectivity index (χ0n) is 8.90. The van der Waals surface area contributed by atoms with Gasteiger partial charge >= 0.3 is 5.97 Å². The quantitative estimate of drug-likeness (QED) is 0.621. The summed E-state index contributed by atoms with van der Waals surface area (Å²) >= 11 is 0. The molecule has 3 unspecified atom stereocenters. The zero-order valence-corrected chi connectivity index (χ0v) is 8.90. The van der Waals surface area contributed by atoms with Crippen molar-refractivity contribution in [3.63, 3.8) is 0 Å². The average Bonchev–Trinajstić information content (AvgIpc) is 2.13. The minimum Gasteiger partial charge on any atom is -0.480 e. The Bertz CT molecular complexity index is 255. The Balaban J connectivity index is 2.61. The van der Waals surface area contributed by atoms with Gasteiger partial charge < -0.3 is 16.2 Å². The minimum absolute atomic E-state index is 0.0323. The number of carboxylic acids is 1. The molecule has 0 aromatic rings. The van der Waals surface area contributed by atoms with E-state index in [0.717, 1.165) is 19.3 Å². The van der Waals surface area contributed by atoms with E-state index in [1.165, 1.54) is 6.92 Å². The number of carbonyl (C=O) groups excluding carboxylic acids is 1. The number of nitrogens with two attached hydrogens (primary N) is 1. The summed E-state index contributed by atoms with van der Waals surface area (Å²) in [4.78, 5) is 21.9. The van der Waals surface area contributed by atoms with E-state index >= 15 is 0 Å². The molecule has 3 atom stereocenters. The first-order valence-electron chi connectivity index (χ1n) is 5.26. The van der Waals surface area contributed by atoms with Crippen LogP contribution in [0.3, 0.4) is 0 Å². The van der Waals surface area contributed by atoms with E-state index in [2.05, 4.69) is 5.32 Å². The van der Waals surface area contributed by atoms with Crippen LogP contribution in [-0.2, 0) is 9.59 Å². The van der Waals surface area contributed by atoms with Crippen molar-refractivity contribution in [2.75, 3.05) is 0 Å². The highest BCUT2D eigenvalue weighted by atomic mass is 16.4. The van der Waals surface area contributed by atoms with Gasteiger partial charge in [-0.05, 0) is 25.2 Å². The SMILES string of the molecule is CC(=O)NC(C(=O)O)C1CCCC(N)C1. The number of aliphatic carboxylic acids is 1. The smallest absolute Gasteiger partial charge is 0.326 e. The molecule has 5 nitrogen and oxygen atoms in total. The topological polar surface area (TPSA) is 92.4 Å². The summed E-state index contributed by atoms with van der Waals surface area (Å²) in [6, 6.07) is -0.715. The Hall–Kier alpha value is -1.10. The van der Waals surface area contributed by atoms with Crippen molar-refractivity contribution in [3.8, 4) is 0 Å². The molecular weight excluding hydrogens is 196 g/mol. The van der Waals surface area contributed by atoms with Gasteiger partial charge in [0.1, 0.15) is 6.04 Å². The Morgan fingerprint density at radius 2 is 2.13 bits per heavy atom. The molecular formula is C10H18N2O3. The Kier molecular flexibility index (Phi) is 4.08. The van der Waals surface area contributed by atoms with Crippen LogP contribution in [0.25, 0.3) is 0 Å². The average molecular weight is 214 g/mol. The van der Waals surface area contributed by atoms with Crippen LogP contribution in [0.1, 0.15) is 32.6 Å². The predicted molar refractivity (Wildman–Crippen MR) is 55.2 cm³/mol. The van der Waals surface area contributed by atoms with Crippen LogP contribution in [0.15, 0.2) is 0 Å². The van der Waals surface area contributed by atoms with Crippen LogP contribution in [0, 0.1) is 5.92 Å². The van der Waals surface area contributed by atoms with Gasteiger partial charge in [0.25, 0.3) is 0 Å². The summed E-state index contributed by atoms with van der Waals surface area (Å²) in [5, 5.41) is 11.5. The summed E-state index contributed by atoms with van der Waals surface area (Å²) in [6.07, 6.45) is 3.39. The number of carbonyl (C=O) groups is 2. The number of nitrogens with one attached hydrogen (secondary N) is 1. The van der Waals surface area contributed by atoms with E-state index in [1.807, 2.05) is 0 Å². The molecule has 1 aliphatic carbocycles. The zero-order chi connectivity index (χ0) is 11.4. The van der Waals surface area contributed by atoms with Crippen molar-refractivity contribution in [1.29, 1.82) is 0 Å². The van der Waals surface area contributed by atoms with Crippen LogP contribution >= 0.6 is 0 Å². The van der Waals surface area contributed by atoms with E-state index in [9.17, 15) is 9.59 Å². The van der Waals surface area contributed by atoms with E-state index in [-0.39, 0.29) is 17.9 Å². The van der Waals surface area contributed by atoms with E-state index < -0.39 is 12.0 Å². The Morgan fingerprint density at radius 3 is 2.60 bits per heavy atom. The highest BCUT2D eigenvalue weighted by Crippen LogP contribution is 2.26. The van der Waals surface area contributed by atoms with Crippen molar-refractivity contribution in [2.24, 2.45) is 11.7 Å². The maximum atomic E-state index is 11.0.